The van der Waals surface area contributed by atoms with E-state index < -0.39 is 0 Å². The summed E-state index contributed by atoms with van der Waals surface area (Å²) in [4.78, 5) is 2.33. The van der Waals surface area contributed by atoms with Gasteiger partial charge in [0, 0.05) is 36.9 Å². The van der Waals surface area contributed by atoms with Gasteiger partial charge in [-0.25, -0.2) is 0 Å². The smallest absolute Gasteiger partial charge is 0.119 e. The largest absolute Gasteiger partial charge is 0.492 e. The van der Waals surface area contributed by atoms with Crippen LogP contribution in [0, 0.1) is 0 Å². The fourth-order valence-corrected chi connectivity index (χ4v) is 2.22. The summed E-state index contributed by atoms with van der Waals surface area (Å²) in [6.45, 7) is 3.49. The summed E-state index contributed by atoms with van der Waals surface area (Å²) < 4.78 is 6.73. The molecule has 1 aromatic carbocycles. The van der Waals surface area contributed by atoms with Crippen molar-refractivity contribution in [1.29, 1.82) is 0 Å². The molecule has 18 heavy (non-hydrogen) atoms. The molecule has 0 amide bonds. The van der Waals surface area contributed by atoms with Crippen LogP contribution >= 0.6 is 15.9 Å². The van der Waals surface area contributed by atoms with Crippen LogP contribution < -0.4 is 4.74 Å². The van der Waals surface area contributed by atoms with Crippen molar-refractivity contribution in [2.75, 3.05) is 26.2 Å². The summed E-state index contributed by atoms with van der Waals surface area (Å²) >= 11 is 3.39. The first-order chi connectivity index (χ1) is 8.78. The van der Waals surface area contributed by atoms with E-state index in [-0.39, 0.29) is 0 Å². The molecule has 1 aromatic rings. The highest BCUT2D eigenvalue weighted by Gasteiger charge is 2.14. The van der Waals surface area contributed by atoms with Gasteiger partial charge in [-0.3, -0.25) is 4.90 Å². The Kier molecular flexibility index (Phi) is 5.01. The van der Waals surface area contributed by atoms with Crippen LogP contribution in [0.4, 0.5) is 0 Å². The molecule has 0 spiro atoms. The number of hydrogen-bond acceptors (Lipinski definition) is 4. The Hall–Kier alpha value is -1.07. The number of likely N-dealkylation sites (tertiary alicyclic amines) is 1. The second-order valence-electron chi connectivity index (χ2n) is 4.31. The highest BCUT2D eigenvalue weighted by atomic mass is 79.9. The van der Waals surface area contributed by atoms with E-state index in [2.05, 4.69) is 26.0 Å². The number of benzene rings is 1. The van der Waals surface area contributed by atoms with Crippen LogP contribution in [0.1, 0.15) is 12.8 Å². The molecular weight excluding hydrogens is 296 g/mol. The first-order valence-corrected chi connectivity index (χ1v) is 6.88. The number of ether oxygens (including phenoxy) is 1. The molecule has 1 N–H and O–H groups in total. The Labute approximate surface area is 115 Å². The summed E-state index contributed by atoms with van der Waals surface area (Å²) in [5.74, 6) is 0.896. The fourth-order valence-electron chi connectivity index (χ4n) is 1.96. The van der Waals surface area contributed by atoms with E-state index in [0.29, 0.717) is 6.61 Å². The number of halogens is 1. The maximum atomic E-state index is 8.67. The minimum atomic E-state index is 0.688. The van der Waals surface area contributed by atoms with Crippen LogP contribution in [0.3, 0.4) is 0 Å². The van der Waals surface area contributed by atoms with Crippen molar-refractivity contribution in [3.63, 3.8) is 0 Å². The van der Waals surface area contributed by atoms with Gasteiger partial charge in [0.15, 0.2) is 0 Å². The second kappa shape index (κ2) is 6.75. The predicted octanol–water partition coefficient (Wildman–Crippen LogP) is 2.75. The van der Waals surface area contributed by atoms with Gasteiger partial charge in [0.25, 0.3) is 0 Å². The molecule has 1 saturated heterocycles. The maximum absolute atomic E-state index is 8.67. The van der Waals surface area contributed by atoms with Gasteiger partial charge in [0.2, 0.25) is 0 Å². The third-order valence-electron chi connectivity index (χ3n) is 3.06. The third-order valence-corrected chi connectivity index (χ3v) is 3.59. The fraction of sp³-hybridized carbons (Fsp3) is 0.462. The maximum Gasteiger partial charge on any atom is 0.119 e. The van der Waals surface area contributed by atoms with E-state index in [0.717, 1.165) is 48.4 Å². The zero-order valence-corrected chi connectivity index (χ0v) is 11.8. The van der Waals surface area contributed by atoms with Gasteiger partial charge < -0.3 is 9.94 Å². The Morgan fingerprint density at radius 3 is 2.50 bits per heavy atom. The van der Waals surface area contributed by atoms with Gasteiger partial charge in [0.05, 0.1) is 5.71 Å². The number of nitrogens with zero attached hydrogens (tertiary/aromatic N) is 2. The zero-order valence-electron chi connectivity index (χ0n) is 10.2. The lowest BCUT2D eigenvalue weighted by Crippen LogP contribution is -2.36. The number of hydrogen-bond donors (Lipinski definition) is 1. The quantitative estimate of drug-likeness (QED) is 0.687. The van der Waals surface area contributed by atoms with Gasteiger partial charge in [0.1, 0.15) is 12.4 Å². The average molecular weight is 313 g/mol. The van der Waals surface area contributed by atoms with Gasteiger partial charge >= 0.3 is 0 Å². The van der Waals surface area contributed by atoms with Crippen molar-refractivity contribution in [2.45, 2.75) is 12.8 Å². The van der Waals surface area contributed by atoms with Gasteiger partial charge in [-0.1, -0.05) is 21.1 Å². The van der Waals surface area contributed by atoms with Gasteiger partial charge in [-0.05, 0) is 24.3 Å². The Balaban J connectivity index is 1.68. The van der Waals surface area contributed by atoms with E-state index in [9.17, 15) is 0 Å². The number of oxime groups is 1. The summed E-state index contributed by atoms with van der Waals surface area (Å²) in [6.07, 6.45) is 1.71. The highest BCUT2D eigenvalue weighted by Crippen LogP contribution is 2.16. The molecule has 2 rings (SSSR count). The molecule has 0 saturated carbocycles. The Morgan fingerprint density at radius 2 is 1.89 bits per heavy atom. The molecule has 0 radical (unpaired) electrons. The first-order valence-electron chi connectivity index (χ1n) is 6.08. The summed E-state index contributed by atoms with van der Waals surface area (Å²) in [7, 11) is 0. The molecule has 1 heterocycles. The number of piperidine rings is 1. The van der Waals surface area contributed by atoms with Crippen molar-refractivity contribution >= 4 is 21.6 Å². The Morgan fingerprint density at radius 1 is 1.22 bits per heavy atom. The molecule has 1 fully saturated rings. The lowest BCUT2D eigenvalue weighted by molar-refractivity contribution is 0.206. The van der Waals surface area contributed by atoms with Crippen LogP contribution in [-0.4, -0.2) is 42.1 Å². The predicted molar refractivity (Wildman–Crippen MR) is 74.5 cm³/mol. The second-order valence-corrected chi connectivity index (χ2v) is 5.23. The van der Waals surface area contributed by atoms with E-state index >= 15 is 0 Å². The van der Waals surface area contributed by atoms with Crippen molar-refractivity contribution in [3.05, 3.63) is 28.7 Å². The lowest BCUT2D eigenvalue weighted by atomic mass is 10.1. The molecule has 5 heteroatoms. The monoisotopic (exact) mass is 312 g/mol. The molecule has 0 aliphatic carbocycles. The molecule has 0 unspecified atom stereocenters. The molecule has 0 aromatic heterocycles. The number of rotatable bonds is 4. The standard InChI is InChI=1S/C13H17BrN2O2/c14-11-1-3-13(4-2-11)18-10-9-16-7-5-12(15-17)6-8-16/h1-4,17H,5-10H2. The lowest BCUT2D eigenvalue weighted by Gasteiger charge is -2.26. The molecule has 0 bridgehead atoms. The topological polar surface area (TPSA) is 45.1 Å². The highest BCUT2D eigenvalue weighted by molar-refractivity contribution is 9.10. The van der Waals surface area contributed by atoms with E-state index in [1.54, 1.807) is 0 Å². The summed E-state index contributed by atoms with van der Waals surface area (Å²) in [5, 5.41) is 11.9. The van der Waals surface area contributed by atoms with Crippen LogP contribution in [0.15, 0.2) is 33.9 Å². The van der Waals surface area contributed by atoms with E-state index in [1.165, 1.54) is 0 Å². The van der Waals surface area contributed by atoms with E-state index in [4.69, 9.17) is 9.94 Å². The summed E-state index contributed by atoms with van der Waals surface area (Å²) in [6, 6.07) is 7.86. The molecule has 1 aliphatic rings. The van der Waals surface area contributed by atoms with Crippen LogP contribution in [0.5, 0.6) is 5.75 Å². The van der Waals surface area contributed by atoms with Crippen LogP contribution in [0.2, 0.25) is 0 Å². The average Bonchev–Trinajstić information content (AvgIpc) is 2.42. The molecule has 1 aliphatic heterocycles. The minimum Gasteiger partial charge on any atom is -0.492 e. The first kappa shape index (κ1) is 13.4. The molecule has 4 nitrogen and oxygen atoms in total. The molecule has 98 valence electrons. The molecule has 0 atom stereocenters. The van der Waals surface area contributed by atoms with Crippen molar-refractivity contribution in [3.8, 4) is 5.75 Å². The zero-order chi connectivity index (χ0) is 12.8. The molecular formula is C13H17BrN2O2. The normalized spacial score (nSPS) is 16.6. The minimum absolute atomic E-state index is 0.688. The third kappa shape index (κ3) is 3.99. The van der Waals surface area contributed by atoms with E-state index in [1.807, 2.05) is 24.3 Å². The van der Waals surface area contributed by atoms with Crippen LogP contribution in [-0.2, 0) is 0 Å². The SMILES string of the molecule is ON=C1CCN(CCOc2ccc(Br)cc2)CC1. The van der Waals surface area contributed by atoms with Crippen molar-refractivity contribution in [2.24, 2.45) is 5.16 Å². The van der Waals surface area contributed by atoms with Gasteiger partial charge in [-0.15, -0.1) is 0 Å². The Bertz CT molecular complexity index is 396. The van der Waals surface area contributed by atoms with Gasteiger partial charge in [-0.2, -0.15) is 0 Å². The van der Waals surface area contributed by atoms with Crippen LogP contribution in [0.25, 0.3) is 0 Å². The van der Waals surface area contributed by atoms with Crippen molar-refractivity contribution in [1.82, 2.24) is 4.90 Å². The summed E-state index contributed by atoms with van der Waals surface area (Å²) in [5.41, 5.74) is 0.903. The van der Waals surface area contributed by atoms with Crippen molar-refractivity contribution < 1.29 is 9.94 Å².